The van der Waals surface area contributed by atoms with Crippen molar-refractivity contribution in [3.63, 3.8) is 0 Å². The highest BCUT2D eigenvalue weighted by Gasteiger charge is 2.07. The van der Waals surface area contributed by atoms with Gasteiger partial charge in [-0.3, -0.25) is 9.59 Å². The van der Waals surface area contributed by atoms with E-state index in [2.05, 4.69) is 4.98 Å². The lowest BCUT2D eigenvalue weighted by Crippen LogP contribution is -2.22. The van der Waals surface area contributed by atoms with Crippen LogP contribution in [0.1, 0.15) is 11.1 Å². The molecule has 102 valence electrons. The van der Waals surface area contributed by atoms with Gasteiger partial charge in [-0.05, 0) is 17.7 Å². The minimum absolute atomic E-state index is 0.0583. The van der Waals surface area contributed by atoms with E-state index < -0.39 is 5.56 Å². The van der Waals surface area contributed by atoms with Crippen LogP contribution >= 0.6 is 0 Å². The fourth-order valence-electron chi connectivity index (χ4n) is 2.23. The van der Waals surface area contributed by atoms with Gasteiger partial charge in [-0.25, -0.2) is 0 Å². The standard InChI is InChI=1S/C16H11N3O2/c17-9-12-8-13-14(18-15(12)20)6-7-19(16(13)21)10-11-4-2-1-3-5-11/h1-8H,10H2,(H,18,20). The second-order valence-corrected chi connectivity index (χ2v) is 4.69. The number of aromatic nitrogens is 2. The molecule has 0 aliphatic rings. The van der Waals surface area contributed by atoms with Crippen LogP contribution in [0.5, 0.6) is 0 Å². The highest BCUT2D eigenvalue weighted by Crippen LogP contribution is 2.07. The third-order valence-corrected chi connectivity index (χ3v) is 3.30. The molecule has 2 heterocycles. The number of fused-ring (bicyclic) bond motifs is 1. The molecule has 2 aromatic heterocycles. The number of rotatable bonds is 2. The second kappa shape index (κ2) is 5.10. The summed E-state index contributed by atoms with van der Waals surface area (Å²) in [6.45, 7) is 0.441. The van der Waals surface area contributed by atoms with Crippen LogP contribution in [0.3, 0.4) is 0 Å². The lowest BCUT2D eigenvalue weighted by atomic mass is 10.2. The van der Waals surface area contributed by atoms with Crippen LogP contribution in [0.25, 0.3) is 10.9 Å². The Morgan fingerprint density at radius 1 is 1.14 bits per heavy atom. The second-order valence-electron chi connectivity index (χ2n) is 4.69. The number of benzene rings is 1. The number of H-pyrrole nitrogens is 1. The first kappa shape index (κ1) is 12.9. The molecule has 0 saturated carbocycles. The van der Waals surface area contributed by atoms with Gasteiger partial charge in [0.1, 0.15) is 11.6 Å². The summed E-state index contributed by atoms with van der Waals surface area (Å²) in [5.41, 5.74) is 0.670. The van der Waals surface area contributed by atoms with Crippen molar-refractivity contribution in [3.8, 4) is 6.07 Å². The molecular formula is C16H11N3O2. The molecule has 3 rings (SSSR count). The third-order valence-electron chi connectivity index (χ3n) is 3.30. The molecule has 0 bridgehead atoms. The minimum atomic E-state index is -0.481. The molecule has 5 nitrogen and oxygen atoms in total. The number of nitrogens with zero attached hydrogens (tertiary/aromatic N) is 2. The van der Waals surface area contributed by atoms with Crippen LogP contribution in [0.15, 0.2) is 58.3 Å². The van der Waals surface area contributed by atoms with Crippen LogP contribution in [0.4, 0.5) is 0 Å². The Bertz CT molecular complexity index is 963. The molecule has 0 unspecified atom stereocenters. The van der Waals surface area contributed by atoms with Gasteiger partial charge in [0.05, 0.1) is 17.4 Å². The van der Waals surface area contributed by atoms with Gasteiger partial charge in [0.25, 0.3) is 11.1 Å². The van der Waals surface area contributed by atoms with E-state index in [1.165, 1.54) is 6.07 Å². The number of hydrogen-bond donors (Lipinski definition) is 1. The molecule has 21 heavy (non-hydrogen) atoms. The number of nitriles is 1. The molecule has 0 saturated heterocycles. The molecule has 0 fully saturated rings. The summed E-state index contributed by atoms with van der Waals surface area (Å²) in [7, 11) is 0. The van der Waals surface area contributed by atoms with E-state index >= 15 is 0 Å². The van der Waals surface area contributed by atoms with E-state index in [9.17, 15) is 9.59 Å². The first-order valence-electron chi connectivity index (χ1n) is 6.39. The van der Waals surface area contributed by atoms with Gasteiger partial charge in [-0.15, -0.1) is 0 Å². The molecule has 0 amide bonds. The zero-order chi connectivity index (χ0) is 14.8. The van der Waals surface area contributed by atoms with E-state index in [-0.39, 0.29) is 11.1 Å². The average Bonchev–Trinajstić information content (AvgIpc) is 2.51. The summed E-state index contributed by atoms with van der Waals surface area (Å²) in [6.07, 6.45) is 1.64. The summed E-state index contributed by atoms with van der Waals surface area (Å²) in [5.74, 6) is 0. The SMILES string of the molecule is N#Cc1cc2c(=O)n(Cc3ccccc3)ccc2[nH]c1=O. The first-order valence-corrected chi connectivity index (χ1v) is 6.39. The van der Waals surface area contributed by atoms with E-state index in [1.807, 2.05) is 30.3 Å². The van der Waals surface area contributed by atoms with E-state index in [0.29, 0.717) is 17.4 Å². The predicted molar refractivity (Wildman–Crippen MR) is 79.1 cm³/mol. The number of hydrogen-bond acceptors (Lipinski definition) is 3. The maximum absolute atomic E-state index is 12.4. The minimum Gasteiger partial charge on any atom is -0.321 e. The van der Waals surface area contributed by atoms with Gasteiger partial charge in [0.15, 0.2) is 0 Å². The van der Waals surface area contributed by atoms with Crippen LogP contribution < -0.4 is 11.1 Å². The largest absolute Gasteiger partial charge is 0.321 e. The number of aromatic amines is 1. The Morgan fingerprint density at radius 2 is 1.90 bits per heavy atom. The van der Waals surface area contributed by atoms with Gasteiger partial charge in [-0.1, -0.05) is 30.3 Å². The number of pyridine rings is 2. The maximum Gasteiger partial charge on any atom is 0.266 e. The van der Waals surface area contributed by atoms with E-state index in [1.54, 1.807) is 22.9 Å². The molecule has 0 spiro atoms. The van der Waals surface area contributed by atoms with Crippen LogP contribution in [-0.2, 0) is 6.54 Å². The molecule has 0 aliphatic heterocycles. The monoisotopic (exact) mass is 277 g/mol. The summed E-state index contributed by atoms with van der Waals surface area (Å²) in [6, 6.07) is 14.4. The zero-order valence-corrected chi connectivity index (χ0v) is 11.0. The molecule has 0 aliphatic carbocycles. The smallest absolute Gasteiger partial charge is 0.266 e. The van der Waals surface area contributed by atoms with Crippen molar-refractivity contribution in [2.45, 2.75) is 6.54 Å². The zero-order valence-electron chi connectivity index (χ0n) is 11.0. The number of nitrogens with one attached hydrogen (secondary N) is 1. The molecule has 1 N–H and O–H groups in total. The Hall–Kier alpha value is -3.13. The molecule has 0 radical (unpaired) electrons. The van der Waals surface area contributed by atoms with Crippen molar-refractivity contribution in [2.24, 2.45) is 0 Å². The third kappa shape index (κ3) is 2.35. The highest BCUT2D eigenvalue weighted by atomic mass is 16.1. The van der Waals surface area contributed by atoms with Gasteiger partial charge in [0.2, 0.25) is 0 Å². The Balaban J connectivity index is 2.16. The summed E-state index contributed by atoms with van der Waals surface area (Å²) in [5, 5.41) is 9.23. The first-order chi connectivity index (χ1) is 10.2. The topological polar surface area (TPSA) is 78.7 Å². The highest BCUT2D eigenvalue weighted by molar-refractivity contribution is 5.78. The van der Waals surface area contributed by atoms with Crippen LogP contribution in [-0.4, -0.2) is 9.55 Å². The van der Waals surface area contributed by atoms with Gasteiger partial charge < -0.3 is 9.55 Å². The Labute approximate surface area is 119 Å². The maximum atomic E-state index is 12.4. The van der Waals surface area contributed by atoms with Gasteiger partial charge in [0, 0.05) is 6.20 Å². The fourth-order valence-corrected chi connectivity index (χ4v) is 2.23. The lowest BCUT2D eigenvalue weighted by Gasteiger charge is -2.07. The quantitative estimate of drug-likeness (QED) is 0.773. The van der Waals surface area contributed by atoms with Crippen molar-refractivity contribution in [1.29, 1.82) is 5.26 Å². The van der Waals surface area contributed by atoms with Crippen LogP contribution in [0, 0.1) is 11.3 Å². The van der Waals surface area contributed by atoms with Crippen molar-refractivity contribution < 1.29 is 0 Å². The Kier molecular flexibility index (Phi) is 3.13. The molecule has 5 heteroatoms. The lowest BCUT2D eigenvalue weighted by molar-refractivity contribution is 0.767. The summed E-state index contributed by atoms with van der Waals surface area (Å²) in [4.78, 5) is 26.6. The van der Waals surface area contributed by atoms with Gasteiger partial charge >= 0.3 is 0 Å². The summed E-state index contributed by atoms with van der Waals surface area (Å²) >= 11 is 0. The molecule has 1 aromatic carbocycles. The van der Waals surface area contributed by atoms with E-state index in [0.717, 1.165) is 5.56 Å². The predicted octanol–water partition coefficient (Wildman–Crippen LogP) is 1.61. The summed E-state index contributed by atoms with van der Waals surface area (Å²) < 4.78 is 1.55. The fraction of sp³-hybridized carbons (Fsp3) is 0.0625. The molecular weight excluding hydrogens is 266 g/mol. The average molecular weight is 277 g/mol. The van der Waals surface area contributed by atoms with Crippen molar-refractivity contribution in [2.75, 3.05) is 0 Å². The molecule has 3 aromatic rings. The van der Waals surface area contributed by atoms with Crippen molar-refractivity contribution in [1.82, 2.24) is 9.55 Å². The van der Waals surface area contributed by atoms with Crippen LogP contribution in [0.2, 0.25) is 0 Å². The molecule has 0 atom stereocenters. The van der Waals surface area contributed by atoms with Gasteiger partial charge in [-0.2, -0.15) is 5.26 Å². The van der Waals surface area contributed by atoms with Crippen molar-refractivity contribution >= 4 is 10.9 Å². The normalized spacial score (nSPS) is 10.4. The Morgan fingerprint density at radius 3 is 2.62 bits per heavy atom. The van der Waals surface area contributed by atoms with Crippen molar-refractivity contribution in [3.05, 3.63) is 80.5 Å². The van der Waals surface area contributed by atoms with E-state index in [4.69, 9.17) is 5.26 Å².